The number of hydrogen-bond acceptors (Lipinski definition) is 2. The summed E-state index contributed by atoms with van der Waals surface area (Å²) in [6, 6.07) is 7.62. The molecule has 0 aliphatic rings. The van der Waals surface area contributed by atoms with E-state index in [1.807, 2.05) is 24.3 Å². The quantitative estimate of drug-likeness (QED) is 0.480. The van der Waals surface area contributed by atoms with Gasteiger partial charge >= 0.3 is 0 Å². The van der Waals surface area contributed by atoms with Crippen molar-refractivity contribution in [2.24, 2.45) is 16.6 Å². The highest BCUT2D eigenvalue weighted by Crippen LogP contribution is 2.22. The van der Waals surface area contributed by atoms with Crippen molar-refractivity contribution >= 4 is 35.6 Å². The van der Waals surface area contributed by atoms with Crippen molar-refractivity contribution in [2.45, 2.75) is 20.3 Å². The number of rotatable bonds is 5. The second-order valence-electron chi connectivity index (χ2n) is 4.27. The summed E-state index contributed by atoms with van der Waals surface area (Å²) in [5.74, 6) is 1.82. The molecule has 0 aromatic heterocycles. The van der Waals surface area contributed by atoms with Crippen molar-refractivity contribution in [3.05, 3.63) is 24.3 Å². The van der Waals surface area contributed by atoms with Crippen LogP contribution >= 0.6 is 24.0 Å². The number of nitrogens with one attached hydrogen (secondary N) is 1. The van der Waals surface area contributed by atoms with E-state index >= 15 is 0 Å². The minimum atomic E-state index is 0. The number of nitrogens with zero attached hydrogens (tertiary/aromatic N) is 1. The number of halogens is 1. The third-order valence-corrected chi connectivity index (χ3v) is 2.36. The first-order chi connectivity index (χ1) is 8.13. The molecular formula is C13H22IN3O. The molecule has 0 atom stereocenters. The molecule has 0 radical (unpaired) electrons. The summed E-state index contributed by atoms with van der Waals surface area (Å²) in [6.07, 6.45) is 1.04. The van der Waals surface area contributed by atoms with E-state index in [2.05, 4.69) is 24.2 Å². The van der Waals surface area contributed by atoms with E-state index in [4.69, 9.17) is 10.5 Å². The summed E-state index contributed by atoms with van der Waals surface area (Å²) in [7, 11) is 1.63. The van der Waals surface area contributed by atoms with Crippen molar-refractivity contribution in [3.8, 4) is 5.75 Å². The van der Waals surface area contributed by atoms with Gasteiger partial charge in [-0.2, -0.15) is 0 Å². The molecule has 1 aromatic rings. The van der Waals surface area contributed by atoms with Crippen LogP contribution in [0.5, 0.6) is 5.75 Å². The zero-order valence-electron chi connectivity index (χ0n) is 11.1. The molecule has 0 saturated heterocycles. The zero-order chi connectivity index (χ0) is 12.7. The lowest BCUT2D eigenvalue weighted by Gasteiger charge is -2.10. The van der Waals surface area contributed by atoms with Gasteiger partial charge in [0.15, 0.2) is 5.96 Å². The van der Waals surface area contributed by atoms with Crippen molar-refractivity contribution in [1.29, 1.82) is 0 Å². The Hall–Kier alpha value is -0.980. The number of hydrogen-bond donors (Lipinski definition) is 2. The Morgan fingerprint density at radius 1 is 1.39 bits per heavy atom. The molecule has 0 unspecified atom stereocenters. The summed E-state index contributed by atoms with van der Waals surface area (Å²) in [5, 5.41) is 3.04. The molecule has 0 aliphatic heterocycles. The van der Waals surface area contributed by atoms with E-state index in [-0.39, 0.29) is 24.0 Å². The molecule has 0 aliphatic carbocycles. The molecule has 5 heteroatoms. The van der Waals surface area contributed by atoms with E-state index < -0.39 is 0 Å². The second kappa shape index (κ2) is 9.02. The average Bonchev–Trinajstić information content (AvgIpc) is 2.29. The zero-order valence-corrected chi connectivity index (χ0v) is 13.5. The van der Waals surface area contributed by atoms with Crippen LogP contribution in [-0.2, 0) is 0 Å². The monoisotopic (exact) mass is 363 g/mol. The Balaban J connectivity index is 0.00000289. The van der Waals surface area contributed by atoms with E-state index in [1.165, 1.54) is 0 Å². The predicted octanol–water partition coefficient (Wildman–Crippen LogP) is 3.09. The molecule has 102 valence electrons. The normalized spacial score (nSPS) is 11.0. The van der Waals surface area contributed by atoms with Crippen LogP contribution in [0.2, 0.25) is 0 Å². The Bertz CT molecular complexity index is 380. The van der Waals surface area contributed by atoms with E-state index in [1.54, 1.807) is 7.11 Å². The fourth-order valence-corrected chi connectivity index (χ4v) is 1.37. The maximum Gasteiger partial charge on any atom is 0.193 e. The lowest BCUT2D eigenvalue weighted by molar-refractivity contribution is 0.417. The molecule has 0 bridgehead atoms. The number of methoxy groups -OCH3 is 1. The van der Waals surface area contributed by atoms with Gasteiger partial charge in [0.25, 0.3) is 0 Å². The Kier molecular flexibility index (Phi) is 8.53. The standard InChI is InChI=1S/C13H21N3O.HI/c1-10(2)8-9-15-13(14)16-11-6-4-5-7-12(11)17-3;/h4-7,10H,8-9H2,1-3H3,(H3,14,15,16);1H. The first kappa shape index (κ1) is 17.0. The molecule has 0 heterocycles. The van der Waals surface area contributed by atoms with Crippen molar-refractivity contribution in [2.75, 3.05) is 19.0 Å². The van der Waals surface area contributed by atoms with E-state index in [9.17, 15) is 0 Å². The fourth-order valence-electron chi connectivity index (χ4n) is 1.37. The van der Waals surface area contributed by atoms with Crippen LogP contribution in [0.15, 0.2) is 29.3 Å². The Labute approximate surface area is 126 Å². The van der Waals surface area contributed by atoms with Crippen molar-refractivity contribution in [1.82, 2.24) is 0 Å². The molecule has 1 aromatic carbocycles. The highest BCUT2D eigenvalue weighted by molar-refractivity contribution is 14.0. The number of guanidine groups is 1. The first-order valence-electron chi connectivity index (χ1n) is 5.83. The minimum absolute atomic E-state index is 0. The highest BCUT2D eigenvalue weighted by Gasteiger charge is 2.02. The van der Waals surface area contributed by atoms with Gasteiger partial charge in [0.1, 0.15) is 5.75 Å². The van der Waals surface area contributed by atoms with Gasteiger partial charge in [0.05, 0.1) is 12.8 Å². The molecule has 4 nitrogen and oxygen atoms in total. The highest BCUT2D eigenvalue weighted by atomic mass is 127. The third-order valence-electron chi connectivity index (χ3n) is 2.36. The van der Waals surface area contributed by atoms with E-state index in [0.717, 1.165) is 24.4 Å². The molecule has 1 rings (SSSR count). The summed E-state index contributed by atoms with van der Waals surface area (Å²) in [5.41, 5.74) is 6.63. The van der Waals surface area contributed by atoms with Crippen LogP contribution in [0, 0.1) is 5.92 Å². The summed E-state index contributed by atoms with van der Waals surface area (Å²) in [6.45, 7) is 5.07. The van der Waals surface area contributed by atoms with Crippen LogP contribution in [0.1, 0.15) is 20.3 Å². The average molecular weight is 363 g/mol. The van der Waals surface area contributed by atoms with Crippen LogP contribution in [0.4, 0.5) is 5.69 Å². The maximum absolute atomic E-state index is 5.80. The maximum atomic E-state index is 5.80. The molecule has 0 saturated carbocycles. The molecular weight excluding hydrogens is 341 g/mol. The first-order valence-corrected chi connectivity index (χ1v) is 5.83. The van der Waals surface area contributed by atoms with Crippen LogP contribution in [0.3, 0.4) is 0 Å². The predicted molar refractivity (Wildman–Crippen MR) is 88.0 cm³/mol. The summed E-state index contributed by atoms with van der Waals surface area (Å²) in [4.78, 5) is 4.26. The SMILES string of the molecule is COc1ccccc1NC(N)=NCCC(C)C.I. The lowest BCUT2D eigenvalue weighted by atomic mass is 10.1. The molecule has 0 amide bonds. The van der Waals surface area contributed by atoms with Crippen LogP contribution in [-0.4, -0.2) is 19.6 Å². The summed E-state index contributed by atoms with van der Waals surface area (Å²) < 4.78 is 5.22. The van der Waals surface area contributed by atoms with Gasteiger partial charge < -0.3 is 15.8 Å². The minimum Gasteiger partial charge on any atom is -0.495 e. The number of aliphatic imine (C=N–C) groups is 1. The van der Waals surface area contributed by atoms with Gasteiger partial charge in [-0.25, -0.2) is 0 Å². The number of anilines is 1. The molecule has 0 spiro atoms. The number of para-hydroxylation sites is 2. The number of benzene rings is 1. The van der Waals surface area contributed by atoms with Crippen molar-refractivity contribution < 1.29 is 4.74 Å². The van der Waals surface area contributed by atoms with Gasteiger partial charge in [-0.1, -0.05) is 26.0 Å². The fraction of sp³-hybridized carbons (Fsp3) is 0.462. The molecule has 18 heavy (non-hydrogen) atoms. The second-order valence-corrected chi connectivity index (χ2v) is 4.27. The topological polar surface area (TPSA) is 59.6 Å². The Morgan fingerprint density at radius 3 is 2.67 bits per heavy atom. The van der Waals surface area contributed by atoms with Gasteiger partial charge in [-0.15, -0.1) is 24.0 Å². The van der Waals surface area contributed by atoms with Gasteiger partial charge in [0.2, 0.25) is 0 Å². The molecule has 3 N–H and O–H groups in total. The van der Waals surface area contributed by atoms with Crippen LogP contribution < -0.4 is 15.8 Å². The smallest absolute Gasteiger partial charge is 0.193 e. The third kappa shape index (κ3) is 6.09. The lowest BCUT2D eigenvalue weighted by Crippen LogP contribution is -2.23. The van der Waals surface area contributed by atoms with Gasteiger partial charge in [-0.3, -0.25) is 4.99 Å². The van der Waals surface area contributed by atoms with Gasteiger partial charge in [-0.05, 0) is 24.5 Å². The molecule has 0 fully saturated rings. The number of ether oxygens (including phenoxy) is 1. The van der Waals surface area contributed by atoms with Gasteiger partial charge in [0, 0.05) is 6.54 Å². The number of nitrogens with two attached hydrogens (primary N) is 1. The van der Waals surface area contributed by atoms with E-state index in [0.29, 0.717) is 11.9 Å². The summed E-state index contributed by atoms with van der Waals surface area (Å²) >= 11 is 0. The largest absolute Gasteiger partial charge is 0.495 e. The van der Waals surface area contributed by atoms with Crippen LogP contribution in [0.25, 0.3) is 0 Å². The van der Waals surface area contributed by atoms with Crippen molar-refractivity contribution in [3.63, 3.8) is 0 Å². The Morgan fingerprint density at radius 2 is 2.06 bits per heavy atom.